The number of alkyl halides is 1. The highest BCUT2D eigenvalue weighted by Gasteiger charge is 2.22. The molecule has 2 nitrogen and oxygen atoms in total. The normalized spacial score (nSPS) is 16.1. The average molecular weight is 326 g/mol. The molecule has 1 aliphatic heterocycles. The van der Waals surface area contributed by atoms with E-state index in [9.17, 15) is 4.79 Å². The van der Waals surface area contributed by atoms with Gasteiger partial charge in [-0.1, -0.05) is 23.7 Å². The molecule has 0 saturated carbocycles. The summed E-state index contributed by atoms with van der Waals surface area (Å²) in [6.45, 7) is 0. The number of fused-ring (bicyclic) bond motifs is 1. The Hall–Kier alpha value is -1.03. The van der Waals surface area contributed by atoms with Gasteiger partial charge >= 0.3 is 0 Å². The lowest BCUT2D eigenvalue weighted by Gasteiger charge is -2.26. The molecule has 5 heteroatoms. The Bertz CT molecular complexity index is 668. The van der Waals surface area contributed by atoms with Crippen molar-refractivity contribution in [2.24, 2.45) is 0 Å². The summed E-state index contributed by atoms with van der Waals surface area (Å²) in [6.07, 6.45) is 1.34. The highest BCUT2D eigenvalue weighted by atomic mass is 35.5. The molecule has 1 aliphatic rings. The first-order valence-electron chi connectivity index (χ1n) is 6.35. The van der Waals surface area contributed by atoms with Crippen LogP contribution in [0.1, 0.15) is 27.8 Å². The van der Waals surface area contributed by atoms with Crippen LogP contribution in [0.2, 0.25) is 4.34 Å². The van der Waals surface area contributed by atoms with Crippen molar-refractivity contribution < 1.29 is 4.79 Å². The van der Waals surface area contributed by atoms with Crippen LogP contribution in [0.4, 0.5) is 5.69 Å². The van der Waals surface area contributed by atoms with E-state index < -0.39 is 0 Å². The van der Waals surface area contributed by atoms with Gasteiger partial charge in [-0.25, -0.2) is 0 Å². The maximum absolute atomic E-state index is 11.7. The maximum Gasteiger partial charge on any atom is 0.227 e. The Kier molecular flexibility index (Phi) is 3.76. The van der Waals surface area contributed by atoms with Crippen LogP contribution in [0.15, 0.2) is 30.3 Å². The molecule has 2 aromatic rings. The number of halogens is 2. The van der Waals surface area contributed by atoms with Gasteiger partial charge in [0.25, 0.3) is 0 Å². The molecule has 3 rings (SSSR count). The van der Waals surface area contributed by atoms with Gasteiger partial charge in [0.2, 0.25) is 5.91 Å². The molecular formula is C15H13Cl2NOS. The van der Waals surface area contributed by atoms with Crippen LogP contribution < -0.4 is 4.90 Å². The number of hydrogen-bond donors (Lipinski definition) is 0. The minimum Gasteiger partial charge on any atom is -0.315 e. The Labute approximate surface area is 131 Å². The largest absolute Gasteiger partial charge is 0.315 e. The second kappa shape index (κ2) is 5.40. The zero-order chi connectivity index (χ0) is 14.3. The molecule has 0 fully saturated rings. The van der Waals surface area contributed by atoms with Crippen LogP contribution in [0.3, 0.4) is 0 Å². The second-order valence-electron chi connectivity index (χ2n) is 4.85. The van der Waals surface area contributed by atoms with Crippen molar-refractivity contribution in [3.05, 3.63) is 50.7 Å². The fraction of sp³-hybridized carbons (Fsp3) is 0.267. The van der Waals surface area contributed by atoms with E-state index in [-0.39, 0.29) is 11.3 Å². The number of thiophene rings is 1. The highest BCUT2D eigenvalue weighted by Crippen LogP contribution is 2.38. The van der Waals surface area contributed by atoms with E-state index in [1.54, 1.807) is 4.90 Å². The van der Waals surface area contributed by atoms with Crippen molar-refractivity contribution in [1.29, 1.82) is 0 Å². The van der Waals surface area contributed by atoms with Crippen molar-refractivity contribution in [1.82, 2.24) is 0 Å². The quantitative estimate of drug-likeness (QED) is 0.736. The fourth-order valence-electron chi connectivity index (χ4n) is 2.46. The molecule has 104 valence electrons. The summed E-state index contributed by atoms with van der Waals surface area (Å²) in [4.78, 5) is 14.4. The topological polar surface area (TPSA) is 20.3 Å². The van der Waals surface area contributed by atoms with Gasteiger partial charge in [0, 0.05) is 24.0 Å². The van der Waals surface area contributed by atoms with E-state index in [0.29, 0.717) is 6.42 Å². The van der Waals surface area contributed by atoms with Crippen molar-refractivity contribution in [2.75, 3.05) is 11.9 Å². The summed E-state index contributed by atoms with van der Waals surface area (Å²) < 4.78 is 0.744. The molecule has 1 atom stereocenters. The number of carbonyl (C=O) groups is 1. The van der Waals surface area contributed by atoms with Crippen molar-refractivity contribution in [2.45, 2.75) is 18.2 Å². The molecule has 0 bridgehead atoms. The highest BCUT2D eigenvalue weighted by molar-refractivity contribution is 7.16. The van der Waals surface area contributed by atoms with Gasteiger partial charge in [-0.15, -0.1) is 22.9 Å². The van der Waals surface area contributed by atoms with Crippen molar-refractivity contribution >= 4 is 46.1 Å². The first-order chi connectivity index (χ1) is 9.56. The Morgan fingerprint density at radius 3 is 2.75 bits per heavy atom. The van der Waals surface area contributed by atoms with E-state index in [4.69, 9.17) is 23.2 Å². The number of carbonyl (C=O) groups excluding carboxylic acids is 1. The van der Waals surface area contributed by atoms with Crippen molar-refractivity contribution in [3.8, 4) is 0 Å². The predicted molar refractivity (Wildman–Crippen MR) is 85.2 cm³/mol. The first kappa shape index (κ1) is 13.9. The number of hydrogen-bond acceptors (Lipinski definition) is 2. The van der Waals surface area contributed by atoms with Gasteiger partial charge in [0.1, 0.15) is 0 Å². The summed E-state index contributed by atoms with van der Waals surface area (Å²) in [6, 6.07) is 9.89. The van der Waals surface area contributed by atoms with Gasteiger partial charge in [-0.3, -0.25) is 4.79 Å². The molecular weight excluding hydrogens is 313 g/mol. The molecule has 20 heavy (non-hydrogen) atoms. The molecule has 1 aromatic carbocycles. The Morgan fingerprint density at radius 2 is 2.05 bits per heavy atom. The third-order valence-corrected chi connectivity index (χ3v) is 5.50. The summed E-state index contributed by atoms with van der Waals surface area (Å²) in [5, 5.41) is -0.194. The summed E-state index contributed by atoms with van der Waals surface area (Å²) >= 11 is 14.0. The van der Waals surface area contributed by atoms with Gasteiger partial charge in [-0.05, 0) is 35.7 Å². The number of anilines is 1. The zero-order valence-electron chi connectivity index (χ0n) is 10.9. The molecule has 1 unspecified atom stereocenters. The third kappa shape index (κ3) is 2.46. The lowest BCUT2D eigenvalue weighted by molar-refractivity contribution is -0.118. The van der Waals surface area contributed by atoms with Crippen LogP contribution in [0.25, 0.3) is 0 Å². The minimum absolute atomic E-state index is 0.165. The lowest BCUT2D eigenvalue weighted by Crippen LogP contribution is -2.31. The molecule has 0 N–H and O–H groups in total. The SMILES string of the molecule is CN1C(=O)CCc2cc(C(Cl)c3ccc(Cl)s3)ccc21. The standard InChI is InChI=1S/C15H13Cl2NOS/c1-18-11-4-2-10(8-9(11)3-7-14(18)19)15(17)12-5-6-13(16)20-12/h2,4-6,8,15H,3,7H2,1H3. The minimum atomic E-state index is -0.194. The predicted octanol–water partition coefficient (Wildman–Crippen LogP) is 4.64. The van der Waals surface area contributed by atoms with E-state index in [2.05, 4.69) is 6.07 Å². The number of aryl methyl sites for hydroxylation is 1. The summed E-state index contributed by atoms with van der Waals surface area (Å²) in [5.41, 5.74) is 3.21. The third-order valence-electron chi connectivity index (χ3n) is 3.58. The molecule has 2 heterocycles. The second-order valence-corrected chi connectivity index (χ2v) is 7.03. The number of rotatable bonds is 2. The maximum atomic E-state index is 11.7. The fourth-order valence-corrected chi connectivity index (χ4v) is 3.87. The molecule has 1 amide bonds. The van der Waals surface area contributed by atoms with E-state index >= 15 is 0 Å². The van der Waals surface area contributed by atoms with Gasteiger partial charge in [0.05, 0.1) is 9.71 Å². The molecule has 0 spiro atoms. The molecule has 0 saturated heterocycles. The van der Waals surface area contributed by atoms with Crippen LogP contribution in [0.5, 0.6) is 0 Å². The monoisotopic (exact) mass is 325 g/mol. The smallest absolute Gasteiger partial charge is 0.227 e. The van der Waals surface area contributed by atoms with Gasteiger partial charge < -0.3 is 4.90 Å². The molecule has 1 aromatic heterocycles. The van der Waals surface area contributed by atoms with E-state index in [1.807, 2.05) is 31.3 Å². The Morgan fingerprint density at radius 1 is 1.25 bits per heavy atom. The van der Waals surface area contributed by atoms with Crippen LogP contribution in [-0.2, 0) is 11.2 Å². The van der Waals surface area contributed by atoms with Crippen molar-refractivity contribution in [3.63, 3.8) is 0 Å². The number of nitrogens with zero attached hydrogens (tertiary/aromatic N) is 1. The lowest BCUT2D eigenvalue weighted by atomic mass is 9.97. The average Bonchev–Trinajstić information content (AvgIpc) is 2.88. The van der Waals surface area contributed by atoms with E-state index in [0.717, 1.165) is 26.9 Å². The first-order valence-corrected chi connectivity index (χ1v) is 7.98. The Balaban J connectivity index is 1.95. The van der Waals surface area contributed by atoms with Gasteiger partial charge in [-0.2, -0.15) is 0 Å². The van der Waals surface area contributed by atoms with Crippen LogP contribution in [0, 0.1) is 0 Å². The number of amides is 1. The number of benzene rings is 1. The van der Waals surface area contributed by atoms with E-state index in [1.165, 1.54) is 16.9 Å². The zero-order valence-corrected chi connectivity index (χ0v) is 13.2. The summed E-state index contributed by atoms with van der Waals surface area (Å²) in [7, 11) is 1.82. The van der Waals surface area contributed by atoms with Gasteiger partial charge in [0.15, 0.2) is 0 Å². The summed E-state index contributed by atoms with van der Waals surface area (Å²) in [5.74, 6) is 0.165. The molecule has 0 aliphatic carbocycles. The molecule has 0 radical (unpaired) electrons. The van der Waals surface area contributed by atoms with Crippen LogP contribution in [-0.4, -0.2) is 13.0 Å². The van der Waals surface area contributed by atoms with Crippen LogP contribution >= 0.6 is 34.5 Å².